The molecule has 0 saturated carbocycles. The molecule has 0 spiro atoms. The van der Waals surface area contributed by atoms with Crippen LogP contribution >= 0.6 is 0 Å². The molecule has 0 saturated heterocycles. The molecule has 0 bridgehead atoms. The molecule has 0 atom stereocenters. The predicted molar refractivity (Wildman–Crippen MR) is 118 cm³/mol. The Balaban J connectivity index is 1.53. The average molecular weight is 391 g/mol. The number of carbonyl (C=O) groups excluding carboxylic acids is 1. The molecule has 1 amide bonds. The molecule has 1 aromatic heterocycles. The standard InChI is InChI=1S/C26H21N3O/c30-26(29-16-15-19-9-7-8-14-22(19)18-29)23-17-27-24(20-10-3-1-4-11-20)25(28-23)21-12-5-2-6-13-21/h1-14,17H,15-16,18H2. The van der Waals surface area contributed by atoms with Gasteiger partial charge in [-0.3, -0.25) is 9.78 Å². The fraction of sp³-hybridized carbons (Fsp3) is 0.115. The van der Waals surface area contributed by atoms with Crippen LogP contribution in [0.25, 0.3) is 22.5 Å². The summed E-state index contributed by atoms with van der Waals surface area (Å²) in [6, 6.07) is 28.2. The molecule has 4 nitrogen and oxygen atoms in total. The SMILES string of the molecule is O=C(c1cnc(-c2ccccc2)c(-c2ccccc2)n1)N1CCc2ccccc2C1. The molecule has 0 N–H and O–H groups in total. The fourth-order valence-electron chi connectivity index (χ4n) is 3.93. The van der Waals surface area contributed by atoms with Crippen LogP contribution in [-0.4, -0.2) is 27.3 Å². The third-order valence-corrected chi connectivity index (χ3v) is 5.50. The van der Waals surface area contributed by atoms with Crippen molar-refractivity contribution in [3.63, 3.8) is 0 Å². The maximum absolute atomic E-state index is 13.3. The Bertz CT molecular complexity index is 1190. The van der Waals surface area contributed by atoms with Crippen molar-refractivity contribution >= 4 is 5.91 Å². The normalized spacial score (nSPS) is 13.0. The number of amides is 1. The van der Waals surface area contributed by atoms with Crippen molar-refractivity contribution in [2.45, 2.75) is 13.0 Å². The summed E-state index contributed by atoms with van der Waals surface area (Å²) in [5, 5.41) is 0. The van der Waals surface area contributed by atoms with E-state index in [0.29, 0.717) is 18.8 Å². The Labute approximate surface area is 175 Å². The highest BCUT2D eigenvalue weighted by molar-refractivity contribution is 5.93. The van der Waals surface area contributed by atoms with Crippen molar-refractivity contribution in [3.05, 3.63) is 108 Å². The first kappa shape index (κ1) is 18.3. The van der Waals surface area contributed by atoms with Gasteiger partial charge in [-0.2, -0.15) is 0 Å². The average Bonchev–Trinajstić information content (AvgIpc) is 2.84. The zero-order valence-electron chi connectivity index (χ0n) is 16.5. The minimum Gasteiger partial charge on any atom is -0.333 e. The Morgan fingerprint density at radius 2 is 1.33 bits per heavy atom. The van der Waals surface area contributed by atoms with Crippen LogP contribution in [0.3, 0.4) is 0 Å². The number of rotatable bonds is 3. The maximum Gasteiger partial charge on any atom is 0.274 e. The van der Waals surface area contributed by atoms with Gasteiger partial charge in [0.05, 0.1) is 17.6 Å². The summed E-state index contributed by atoms with van der Waals surface area (Å²) >= 11 is 0. The van der Waals surface area contributed by atoms with E-state index < -0.39 is 0 Å². The van der Waals surface area contributed by atoms with Crippen LogP contribution < -0.4 is 0 Å². The Morgan fingerprint density at radius 1 is 0.733 bits per heavy atom. The number of fused-ring (bicyclic) bond motifs is 1. The largest absolute Gasteiger partial charge is 0.333 e. The van der Waals surface area contributed by atoms with Crippen LogP contribution in [-0.2, 0) is 13.0 Å². The monoisotopic (exact) mass is 391 g/mol. The summed E-state index contributed by atoms with van der Waals surface area (Å²) in [7, 11) is 0. The fourth-order valence-corrected chi connectivity index (χ4v) is 3.93. The molecule has 2 heterocycles. The lowest BCUT2D eigenvalue weighted by molar-refractivity contribution is 0.0728. The number of carbonyl (C=O) groups is 1. The van der Waals surface area contributed by atoms with Crippen LogP contribution in [0, 0.1) is 0 Å². The first-order valence-electron chi connectivity index (χ1n) is 10.1. The van der Waals surface area contributed by atoms with Crippen molar-refractivity contribution in [3.8, 4) is 22.5 Å². The van der Waals surface area contributed by atoms with Gasteiger partial charge in [0, 0.05) is 24.2 Å². The van der Waals surface area contributed by atoms with Gasteiger partial charge in [0.25, 0.3) is 5.91 Å². The highest BCUT2D eigenvalue weighted by Gasteiger charge is 2.24. The van der Waals surface area contributed by atoms with Gasteiger partial charge in [0.1, 0.15) is 5.69 Å². The summed E-state index contributed by atoms with van der Waals surface area (Å²) in [5.41, 5.74) is 6.34. The van der Waals surface area contributed by atoms with Crippen LogP contribution in [0.15, 0.2) is 91.1 Å². The highest BCUT2D eigenvalue weighted by atomic mass is 16.2. The number of benzene rings is 3. The van der Waals surface area contributed by atoms with Crippen molar-refractivity contribution < 1.29 is 4.79 Å². The molecule has 30 heavy (non-hydrogen) atoms. The number of aromatic nitrogens is 2. The second kappa shape index (κ2) is 7.91. The number of hydrogen-bond donors (Lipinski definition) is 0. The predicted octanol–water partition coefficient (Wildman–Crippen LogP) is 5.01. The zero-order valence-corrected chi connectivity index (χ0v) is 16.5. The first-order valence-corrected chi connectivity index (χ1v) is 10.1. The molecule has 4 heteroatoms. The number of nitrogens with zero attached hydrogens (tertiary/aromatic N) is 3. The molecule has 4 aromatic rings. The minimum absolute atomic E-state index is 0.0752. The Hall–Kier alpha value is -3.79. The molecule has 5 rings (SSSR count). The van der Waals surface area contributed by atoms with E-state index >= 15 is 0 Å². The van der Waals surface area contributed by atoms with Crippen LogP contribution in [0.4, 0.5) is 0 Å². The summed E-state index contributed by atoms with van der Waals surface area (Å²) in [5.74, 6) is -0.0752. The van der Waals surface area contributed by atoms with E-state index in [9.17, 15) is 4.79 Å². The number of hydrogen-bond acceptors (Lipinski definition) is 3. The van der Waals surface area contributed by atoms with Gasteiger partial charge < -0.3 is 4.90 Å². The van der Waals surface area contributed by atoms with Crippen molar-refractivity contribution in [1.29, 1.82) is 0 Å². The van der Waals surface area contributed by atoms with Crippen LogP contribution in [0.5, 0.6) is 0 Å². The second-order valence-electron chi connectivity index (χ2n) is 7.43. The van der Waals surface area contributed by atoms with E-state index in [1.165, 1.54) is 11.1 Å². The molecule has 0 fully saturated rings. The summed E-state index contributed by atoms with van der Waals surface area (Å²) < 4.78 is 0. The smallest absolute Gasteiger partial charge is 0.274 e. The maximum atomic E-state index is 13.3. The van der Waals surface area contributed by atoms with Crippen molar-refractivity contribution in [2.24, 2.45) is 0 Å². The van der Waals surface area contributed by atoms with Crippen molar-refractivity contribution in [1.82, 2.24) is 14.9 Å². The highest BCUT2D eigenvalue weighted by Crippen LogP contribution is 2.29. The minimum atomic E-state index is -0.0752. The zero-order chi connectivity index (χ0) is 20.3. The topological polar surface area (TPSA) is 46.1 Å². The lowest BCUT2D eigenvalue weighted by atomic mass is 9.99. The molecule has 3 aromatic carbocycles. The van der Waals surface area contributed by atoms with Gasteiger partial charge in [-0.25, -0.2) is 4.98 Å². The van der Waals surface area contributed by atoms with E-state index in [2.05, 4.69) is 23.2 Å². The summed E-state index contributed by atoms with van der Waals surface area (Å²) in [4.78, 5) is 24.6. The van der Waals surface area contributed by atoms with E-state index in [-0.39, 0.29) is 5.91 Å². The summed E-state index contributed by atoms with van der Waals surface area (Å²) in [6.07, 6.45) is 2.47. The molecular weight excluding hydrogens is 370 g/mol. The van der Waals surface area contributed by atoms with Crippen molar-refractivity contribution in [2.75, 3.05) is 6.54 Å². The van der Waals surface area contributed by atoms with Gasteiger partial charge in [-0.05, 0) is 17.5 Å². The van der Waals surface area contributed by atoms with E-state index in [0.717, 1.165) is 28.9 Å². The Morgan fingerprint density at radius 3 is 2.03 bits per heavy atom. The van der Waals surface area contributed by atoms with Gasteiger partial charge in [0.15, 0.2) is 0 Å². The quantitative estimate of drug-likeness (QED) is 0.493. The van der Waals surface area contributed by atoms with Gasteiger partial charge in [0.2, 0.25) is 0 Å². The van der Waals surface area contributed by atoms with Gasteiger partial charge in [-0.15, -0.1) is 0 Å². The Kier molecular flexibility index (Phi) is 4.81. The van der Waals surface area contributed by atoms with E-state index in [4.69, 9.17) is 4.98 Å². The lowest BCUT2D eigenvalue weighted by Crippen LogP contribution is -2.36. The lowest BCUT2D eigenvalue weighted by Gasteiger charge is -2.28. The van der Waals surface area contributed by atoms with Gasteiger partial charge >= 0.3 is 0 Å². The molecule has 0 unspecified atom stereocenters. The van der Waals surface area contributed by atoms with Crippen LogP contribution in [0.2, 0.25) is 0 Å². The molecule has 1 aliphatic heterocycles. The third-order valence-electron chi connectivity index (χ3n) is 5.50. The van der Waals surface area contributed by atoms with Crippen LogP contribution in [0.1, 0.15) is 21.6 Å². The molecule has 0 radical (unpaired) electrons. The first-order chi connectivity index (χ1) is 14.8. The molecule has 146 valence electrons. The molecule has 1 aliphatic rings. The third kappa shape index (κ3) is 3.48. The second-order valence-corrected chi connectivity index (χ2v) is 7.43. The van der Waals surface area contributed by atoms with E-state index in [1.54, 1.807) is 6.20 Å². The summed E-state index contributed by atoms with van der Waals surface area (Å²) in [6.45, 7) is 1.30. The van der Waals surface area contributed by atoms with E-state index in [1.807, 2.05) is 71.6 Å². The molecule has 0 aliphatic carbocycles. The molecular formula is C26H21N3O. The van der Waals surface area contributed by atoms with Gasteiger partial charge in [-0.1, -0.05) is 84.9 Å².